The fourth-order valence-electron chi connectivity index (χ4n) is 3.32. The third-order valence-corrected chi connectivity index (χ3v) is 5.09. The Hall–Kier alpha value is -2.92. The van der Waals surface area contributed by atoms with E-state index in [1.54, 1.807) is 0 Å². The maximum Gasteiger partial charge on any atom is 0.225 e. The number of benzene rings is 2. The van der Waals surface area contributed by atoms with Gasteiger partial charge in [0.25, 0.3) is 0 Å². The minimum Gasteiger partial charge on any atom is -0.376 e. The molecular weight excluding hydrogens is 348 g/mol. The van der Waals surface area contributed by atoms with Gasteiger partial charge in [0.2, 0.25) is 5.95 Å². The molecule has 1 aliphatic rings. The molecule has 0 spiro atoms. The van der Waals surface area contributed by atoms with Crippen molar-refractivity contribution in [1.82, 2.24) is 9.97 Å². The molecule has 144 valence electrons. The molecule has 1 aromatic heterocycles. The fourth-order valence-corrected chi connectivity index (χ4v) is 3.32. The van der Waals surface area contributed by atoms with Crippen molar-refractivity contribution >= 4 is 17.5 Å². The number of ether oxygens (including phenoxy) is 1. The van der Waals surface area contributed by atoms with Crippen molar-refractivity contribution in [2.45, 2.75) is 32.8 Å². The van der Waals surface area contributed by atoms with Crippen LogP contribution in [0, 0.1) is 13.8 Å². The molecule has 2 aromatic carbocycles. The number of rotatable bonds is 6. The summed E-state index contributed by atoms with van der Waals surface area (Å²) >= 11 is 0. The summed E-state index contributed by atoms with van der Waals surface area (Å²) in [6.45, 7) is 5.80. The second-order valence-corrected chi connectivity index (χ2v) is 7.27. The summed E-state index contributed by atoms with van der Waals surface area (Å²) in [6, 6.07) is 18.5. The van der Waals surface area contributed by atoms with Crippen LogP contribution in [-0.4, -0.2) is 29.2 Å². The SMILES string of the molecule is Cc1ccc(Nc2cc(-c3ccccc3)nc(NCC3CCCO3)n2)cc1C. The first-order chi connectivity index (χ1) is 13.7. The van der Waals surface area contributed by atoms with Crippen molar-refractivity contribution in [2.24, 2.45) is 0 Å². The van der Waals surface area contributed by atoms with Crippen LogP contribution in [0.25, 0.3) is 11.3 Å². The summed E-state index contributed by atoms with van der Waals surface area (Å²) in [5, 5.41) is 6.78. The molecule has 0 amide bonds. The van der Waals surface area contributed by atoms with E-state index in [9.17, 15) is 0 Å². The second-order valence-electron chi connectivity index (χ2n) is 7.27. The highest BCUT2D eigenvalue weighted by molar-refractivity contribution is 5.67. The number of aromatic nitrogens is 2. The van der Waals surface area contributed by atoms with E-state index in [1.807, 2.05) is 24.3 Å². The molecule has 1 fully saturated rings. The van der Waals surface area contributed by atoms with E-state index >= 15 is 0 Å². The quantitative estimate of drug-likeness (QED) is 0.629. The summed E-state index contributed by atoms with van der Waals surface area (Å²) in [5.41, 5.74) is 5.49. The first kappa shape index (κ1) is 18.4. The van der Waals surface area contributed by atoms with Gasteiger partial charge in [-0.2, -0.15) is 4.98 Å². The Morgan fingerprint density at radius 3 is 2.61 bits per heavy atom. The Morgan fingerprint density at radius 1 is 1.00 bits per heavy atom. The van der Waals surface area contributed by atoms with Gasteiger partial charge in [0, 0.05) is 30.5 Å². The molecular formula is C23H26N4O. The van der Waals surface area contributed by atoms with Crippen molar-refractivity contribution < 1.29 is 4.74 Å². The van der Waals surface area contributed by atoms with E-state index in [-0.39, 0.29) is 6.10 Å². The molecule has 3 aromatic rings. The lowest BCUT2D eigenvalue weighted by Crippen LogP contribution is -2.20. The first-order valence-electron chi connectivity index (χ1n) is 9.81. The van der Waals surface area contributed by atoms with Crippen molar-refractivity contribution in [1.29, 1.82) is 0 Å². The Morgan fingerprint density at radius 2 is 1.86 bits per heavy atom. The van der Waals surface area contributed by atoms with Crippen molar-refractivity contribution in [3.05, 3.63) is 65.7 Å². The Balaban J connectivity index is 1.61. The molecule has 0 bridgehead atoms. The normalized spacial score (nSPS) is 16.1. The van der Waals surface area contributed by atoms with Crippen LogP contribution in [0.4, 0.5) is 17.5 Å². The fraction of sp³-hybridized carbons (Fsp3) is 0.304. The molecule has 2 N–H and O–H groups in total. The van der Waals surface area contributed by atoms with Gasteiger partial charge in [-0.3, -0.25) is 0 Å². The second kappa shape index (κ2) is 8.40. The monoisotopic (exact) mass is 374 g/mol. The Bertz CT molecular complexity index is 937. The highest BCUT2D eigenvalue weighted by Gasteiger charge is 2.16. The maximum absolute atomic E-state index is 5.71. The Labute approximate surface area is 166 Å². The standard InChI is InChI=1S/C23H26N4O/c1-16-10-11-19(13-17(16)2)25-22-14-21(18-7-4-3-5-8-18)26-23(27-22)24-15-20-9-6-12-28-20/h3-5,7-8,10-11,13-14,20H,6,9,12,15H2,1-2H3,(H2,24,25,26,27). The molecule has 5 nitrogen and oxygen atoms in total. The van der Waals surface area contributed by atoms with Crippen LogP contribution < -0.4 is 10.6 Å². The highest BCUT2D eigenvalue weighted by Crippen LogP contribution is 2.25. The Kier molecular flexibility index (Phi) is 5.53. The third kappa shape index (κ3) is 4.49. The van der Waals surface area contributed by atoms with Crippen LogP contribution in [0.15, 0.2) is 54.6 Å². The maximum atomic E-state index is 5.71. The number of nitrogens with one attached hydrogen (secondary N) is 2. The molecule has 0 saturated carbocycles. The van der Waals surface area contributed by atoms with E-state index in [4.69, 9.17) is 9.72 Å². The van der Waals surface area contributed by atoms with E-state index < -0.39 is 0 Å². The molecule has 4 rings (SSSR count). The van der Waals surface area contributed by atoms with Gasteiger partial charge >= 0.3 is 0 Å². The van der Waals surface area contributed by atoms with Gasteiger partial charge < -0.3 is 15.4 Å². The van der Waals surface area contributed by atoms with Crippen molar-refractivity contribution in [2.75, 3.05) is 23.8 Å². The van der Waals surface area contributed by atoms with E-state index in [1.165, 1.54) is 11.1 Å². The van der Waals surface area contributed by atoms with Crippen molar-refractivity contribution in [3.8, 4) is 11.3 Å². The first-order valence-corrected chi connectivity index (χ1v) is 9.81. The predicted octanol–water partition coefficient (Wildman–Crippen LogP) is 5.09. The van der Waals surface area contributed by atoms with E-state index in [0.29, 0.717) is 5.95 Å². The smallest absolute Gasteiger partial charge is 0.225 e. The molecule has 28 heavy (non-hydrogen) atoms. The number of hydrogen-bond donors (Lipinski definition) is 2. The third-order valence-electron chi connectivity index (χ3n) is 5.09. The largest absolute Gasteiger partial charge is 0.376 e. The summed E-state index contributed by atoms with van der Waals surface area (Å²) in [6.07, 6.45) is 2.44. The zero-order valence-electron chi connectivity index (χ0n) is 16.4. The summed E-state index contributed by atoms with van der Waals surface area (Å²) in [7, 11) is 0. The lowest BCUT2D eigenvalue weighted by atomic mass is 10.1. The van der Waals surface area contributed by atoms with E-state index in [0.717, 1.165) is 48.8 Å². The lowest BCUT2D eigenvalue weighted by molar-refractivity contribution is 0.120. The summed E-state index contributed by atoms with van der Waals surface area (Å²) < 4.78 is 5.71. The number of nitrogens with zero attached hydrogens (tertiary/aromatic N) is 2. The predicted molar refractivity (Wildman–Crippen MR) is 114 cm³/mol. The highest BCUT2D eigenvalue weighted by atomic mass is 16.5. The molecule has 5 heteroatoms. The van der Waals surface area contributed by atoms with Crippen LogP contribution in [0.5, 0.6) is 0 Å². The molecule has 0 aliphatic carbocycles. The number of anilines is 3. The van der Waals surface area contributed by atoms with Gasteiger partial charge in [-0.15, -0.1) is 0 Å². The van der Waals surface area contributed by atoms with Gasteiger partial charge in [-0.25, -0.2) is 4.98 Å². The molecule has 1 atom stereocenters. The zero-order chi connectivity index (χ0) is 19.3. The van der Waals surface area contributed by atoms with Crippen LogP contribution in [-0.2, 0) is 4.74 Å². The lowest BCUT2D eigenvalue weighted by Gasteiger charge is -2.14. The van der Waals surface area contributed by atoms with Crippen LogP contribution in [0.2, 0.25) is 0 Å². The molecule has 1 aliphatic heterocycles. The average Bonchev–Trinajstić information content (AvgIpc) is 3.23. The summed E-state index contributed by atoms with van der Waals surface area (Å²) in [5.74, 6) is 1.38. The van der Waals surface area contributed by atoms with Gasteiger partial charge in [0.05, 0.1) is 11.8 Å². The van der Waals surface area contributed by atoms with Crippen LogP contribution >= 0.6 is 0 Å². The number of aryl methyl sites for hydroxylation is 2. The zero-order valence-corrected chi connectivity index (χ0v) is 16.4. The molecule has 2 heterocycles. The van der Waals surface area contributed by atoms with E-state index in [2.05, 4.69) is 59.8 Å². The van der Waals surface area contributed by atoms with Gasteiger partial charge in [0.15, 0.2) is 0 Å². The van der Waals surface area contributed by atoms with Crippen molar-refractivity contribution in [3.63, 3.8) is 0 Å². The summed E-state index contributed by atoms with van der Waals surface area (Å²) in [4.78, 5) is 9.40. The average molecular weight is 374 g/mol. The van der Waals surface area contributed by atoms with Crippen LogP contribution in [0.3, 0.4) is 0 Å². The molecule has 1 unspecified atom stereocenters. The molecule has 1 saturated heterocycles. The van der Waals surface area contributed by atoms with Gasteiger partial charge in [-0.05, 0) is 49.9 Å². The van der Waals surface area contributed by atoms with Gasteiger partial charge in [0.1, 0.15) is 5.82 Å². The van der Waals surface area contributed by atoms with Gasteiger partial charge in [-0.1, -0.05) is 36.4 Å². The topological polar surface area (TPSA) is 59.1 Å². The van der Waals surface area contributed by atoms with Crippen LogP contribution in [0.1, 0.15) is 24.0 Å². The minimum atomic E-state index is 0.236. The minimum absolute atomic E-state index is 0.236. The number of hydrogen-bond acceptors (Lipinski definition) is 5. The molecule has 0 radical (unpaired) electrons.